The van der Waals surface area contributed by atoms with Gasteiger partial charge in [-0.2, -0.15) is 0 Å². The molecule has 9 aromatic rings. The monoisotopic (exact) mass is 616 g/mol. The Morgan fingerprint density at radius 1 is 0.426 bits per heavy atom. The third-order valence-electron chi connectivity index (χ3n) is 7.75. The molecule has 220 valence electrons. The molecule has 2 aromatic heterocycles. The third-order valence-corrected chi connectivity index (χ3v) is 7.75. The zero-order valence-corrected chi connectivity index (χ0v) is 24.2. The smallest absolute Gasteiger partial charge is 0.164 e. The molecule has 0 unspecified atom stereocenters. The lowest BCUT2D eigenvalue weighted by molar-refractivity contribution is 0.669. The van der Waals surface area contributed by atoms with E-state index in [2.05, 4.69) is 4.98 Å². The summed E-state index contributed by atoms with van der Waals surface area (Å²) in [5, 5.41) is 2.38. The van der Waals surface area contributed by atoms with Crippen molar-refractivity contribution in [3.05, 3.63) is 163 Å². The van der Waals surface area contributed by atoms with Crippen LogP contribution in [0.2, 0.25) is 0 Å². The summed E-state index contributed by atoms with van der Waals surface area (Å²) in [5.74, 6) is -0.311. The first-order valence-corrected chi connectivity index (χ1v) is 14.5. The van der Waals surface area contributed by atoms with Gasteiger partial charge in [0.15, 0.2) is 17.5 Å². The second kappa shape index (κ2) is 11.2. The van der Waals surface area contributed by atoms with Gasteiger partial charge in [0.05, 0.1) is 20.6 Å². The molecule has 4 heteroatoms. The number of para-hydroxylation sites is 1. The van der Waals surface area contributed by atoms with E-state index in [1.165, 1.54) is 0 Å². The van der Waals surface area contributed by atoms with Crippen LogP contribution in [0.4, 0.5) is 0 Å². The zero-order chi connectivity index (χ0) is 44.2. The maximum atomic E-state index is 8.81. The first-order chi connectivity index (χ1) is 29.5. The van der Waals surface area contributed by atoms with Crippen molar-refractivity contribution in [2.75, 3.05) is 0 Å². The van der Waals surface area contributed by atoms with Crippen LogP contribution in [0.5, 0.6) is 0 Å². The van der Waals surface area contributed by atoms with Crippen LogP contribution in [0, 0.1) is 0 Å². The molecule has 47 heavy (non-hydrogen) atoms. The summed E-state index contributed by atoms with van der Waals surface area (Å²) in [7, 11) is 0. The Morgan fingerprint density at radius 2 is 0.979 bits per heavy atom. The summed E-state index contributed by atoms with van der Waals surface area (Å²) in [6.45, 7) is 0. The van der Waals surface area contributed by atoms with E-state index in [-0.39, 0.29) is 63.0 Å². The normalized spacial score (nSPS) is 15.9. The van der Waals surface area contributed by atoms with Crippen LogP contribution in [0.1, 0.15) is 20.6 Å². The minimum atomic E-state index is -0.617. The van der Waals surface area contributed by atoms with Gasteiger partial charge in [0.2, 0.25) is 0 Å². The quantitative estimate of drug-likeness (QED) is 0.193. The Bertz CT molecular complexity index is 3360. The third kappa shape index (κ3) is 4.93. The fraction of sp³-hybridized carbons (Fsp3) is 0. The van der Waals surface area contributed by atoms with Gasteiger partial charge in [-0.15, -0.1) is 0 Å². The van der Waals surface area contributed by atoms with Gasteiger partial charge >= 0.3 is 0 Å². The molecule has 2 heterocycles. The van der Waals surface area contributed by atoms with Gasteiger partial charge in [0.1, 0.15) is 11.2 Å². The average molecular weight is 617 g/mol. The zero-order valence-electron chi connectivity index (χ0n) is 39.2. The van der Waals surface area contributed by atoms with E-state index in [0.29, 0.717) is 38.3 Å². The van der Waals surface area contributed by atoms with Crippen molar-refractivity contribution in [3.63, 3.8) is 0 Å². The lowest BCUT2D eigenvalue weighted by atomic mass is 9.98. The number of fused-ring (bicyclic) bond motifs is 4. The maximum absolute atomic E-state index is 8.81. The van der Waals surface area contributed by atoms with Gasteiger partial charge in [-0.05, 0) is 63.4 Å². The van der Waals surface area contributed by atoms with Gasteiger partial charge in [0.25, 0.3) is 0 Å². The predicted octanol–water partition coefficient (Wildman–Crippen LogP) is 11.3. The lowest BCUT2D eigenvalue weighted by Gasteiger charge is -2.12. The van der Waals surface area contributed by atoms with Crippen molar-refractivity contribution >= 4 is 32.7 Å². The molecule has 7 aromatic carbocycles. The maximum Gasteiger partial charge on any atom is 0.164 e. The molecule has 0 radical (unpaired) electrons. The summed E-state index contributed by atoms with van der Waals surface area (Å²) in [5.41, 5.74) is 1.57. The van der Waals surface area contributed by atoms with Crippen molar-refractivity contribution < 1.29 is 25.0 Å². The Morgan fingerprint density at radius 3 is 1.68 bits per heavy atom. The second-order valence-electron chi connectivity index (χ2n) is 10.6. The van der Waals surface area contributed by atoms with Crippen LogP contribution in [0.3, 0.4) is 0 Å². The molecule has 0 aliphatic heterocycles. The first kappa shape index (κ1) is 15.7. The largest absolute Gasteiger partial charge is 0.456 e. The van der Waals surface area contributed by atoms with Gasteiger partial charge < -0.3 is 4.42 Å². The highest BCUT2D eigenvalue weighted by molar-refractivity contribution is 6.13. The molecule has 9 rings (SSSR count). The second-order valence-corrected chi connectivity index (χ2v) is 10.6. The van der Waals surface area contributed by atoms with E-state index < -0.39 is 78.6 Å². The predicted molar refractivity (Wildman–Crippen MR) is 192 cm³/mol. The minimum Gasteiger partial charge on any atom is -0.456 e. The van der Waals surface area contributed by atoms with E-state index in [1.807, 2.05) is 0 Å². The standard InChI is InChI=1S/C43H27N3O/c1-4-12-28(13-5-1)31-20-21-33-25-34(23-22-32(33)24-31)42-44-41(30-16-8-3-9-17-30)45-43(46-42)37-26-35(29-14-6-2-7-15-29)27-39-40(37)36-18-10-11-19-38(36)47-39/h1-27H/i1D,2D,3D,4D,5D,6D,7D,8D,9D,12D,13D,14D,15D,16D,17D. The average Bonchev–Trinajstić information content (AvgIpc) is 3.65. The summed E-state index contributed by atoms with van der Waals surface area (Å²) in [6, 6.07) is 12.7. The number of hydrogen-bond acceptors (Lipinski definition) is 4. The highest BCUT2D eigenvalue weighted by Crippen LogP contribution is 2.40. The molecule has 0 bridgehead atoms. The topological polar surface area (TPSA) is 51.8 Å². The Hall–Kier alpha value is -6.39. The Balaban J connectivity index is 1.32. The number of furan rings is 1. The first-order valence-electron chi connectivity index (χ1n) is 22.0. The molecule has 0 spiro atoms. The number of benzene rings is 7. The molecular weight excluding hydrogens is 574 g/mol. The Kier molecular flexibility index (Phi) is 3.75. The molecule has 4 nitrogen and oxygen atoms in total. The fourth-order valence-electron chi connectivity index (χ4n) is 5.60. The number of aromatic nitrogens is 3. The minimum absolute atomic E-state index is 0.0163. The highest BCUT2D eigenvalue weighted by atomic mass is 16.3. The summed E-state index contributed by atoms with van der Waals surface area (Å²) in [4.78, 5) is 14.3. The number of hydrogen-bond donors (Lipinski definition) is 0. The summed E-state index contributed by atoms with van der Waals surface area (Å²) in [6.07, 6.45) is 0. The molecule has 0 fully saturated rings. The molecule has 0 aliphatic rings. The SMILES string of the molecule is [2H]c1c([2H])c([2H])c(-c2ccc3cc(-c4nc(-c5c([2H])c([2H])c([2H])c([2H])c5[2H])nc(-c5cc(-c6c([2H])c([2H])c([2H])c([2H])c6[2H])cc6oc7ccccc7c56)n4)ccc3c2)c([2H])c1[2H]. The molecule has 0 saturated carbocycles. The van der Waals surface area contributed by atoms with E-state index >= 15 is 0 Å². The van der Waals surface area contributed by atoms with Crippen LogP contribution >= 0.6 is 0 Å². The summed E-state index contributed by atoms with van der Waals surface area (Å²) >= 11 is 0. The van der Waals surface area contributed by atoms with Crippen molar-refractivity contribution in [2.24, 2.45) is 0 Å². The van der Waals surface area contributed by atoms with Crippen molar-refractivity contribution in [1.82, 2.24) is 15.0 Å². The molecule has 0 amide bonds. The van der Waals surface area contributed by atoms with Gasteiger partial charge in [-0.1, -0.05) is 133 Å². The fourth-order valence-corrected chi connectivity index (χ4v) is 5.60. The van der Waals surface area contributed by atoms with Crippen molar-refractivity contribution in [1.29, 1.82) is 0 Å². The molecule has 0 saturated heterocycles. The van der Waals surface area contributed by atoms with Gasteiger partial charge in [-0.3, -0.25) is 0 Å². The number of rotatable bonds is 5. The van der Waals surface area contributed by atoms with Crippen molar-refractivity contribution in [3.8, 4) is 56.4 Å². The molecule has 0 N–H and O–H groups in total. The van der Waals surface area contributed by atoms with E-state index in [0.717, 1.165) is 0 Å². The van der Waals surface area contributed by atoms with Gasteiger partial charge in [-0.25, -0.2) is 15.0 Å². The van der Waals surface area contributed by atoms with Crippen LogP contribution in [-0.4, -0.2) is 15.0 Å². The molecule has 0 atom stereocenters. The van der Waals surface area contributed by atoms with Crippen LogP contribution in [0.15, 0.2) is 168 Å². The van der Waals surface area contributed by atoms with E-state index in [9.17, 15) is 0 Å². The number of nitrogens with zero attached hydrogens (tertiary/aromatic N) is 3. The van der Waals surface area contributed by atoms with E-state index in [1.54, 1.807) is 72.8 Å². The Labute approximate surface area is 292 Å². The molecule has 0 aliphatic carbocycles. The lowest BCUT2D eigenvalue weighted by Crippen LogP contribution is -2.00. The van der Waals surface area contributed by atoms with Crippen LogP contribution < -0.4 is 0 Å². The van der Waals surface area contributed by atoms with Gasteiger partial charge in [0, 0.05) is 27.5 Å². The highest BCUT2D eigenvalue weighted by Gasteiger charge is 2.19. The van der Waals surface area contributed by atoms with E-state index in [4.69, 9.17) is 34.9 Å². The summed E-state index contributed by atoms with van der Waals surface area (Å²) < 4.78 is 133. The van der Waals surface area contributed by atoms with Crippen LogP contribution in [0.25, 0.3) is 89.1 Å². The van der Waals surface area contributed by atoms with Crippen LogP contribution in [-0.2, 0) is 0 Å². The van der Waals surface area contributed by atoms with Crippen molar-refractivity contribution in [2.45, 2.75) is 0 Å². The molecular formula is C43H27N3O.